The van der Waals surface area contributed by atoms with Crippen LogP contribution in [-0.2, 0) is 33.9 Å². The molecule has 0 atom stereocenters. The van der Waals surface area contributed by atoms with E-state index >= 15 is 0 Å². The third-order valence-corrected chi connectivity index (χ3v) is 4.41. The summed E-state index contributed by atoms with van der Waals surface area (Å²) in [5, 5.41) is 30.3. The van der Waals surface area contributed by atoms with Crippen molar-refractivity contribution in [2.75, 3.05) is 13.1 Å². The fourth-order valence-electron chi connectivity index (χ4n) is 2.89. The van der Waals surface area contributed by atoms with Gasteiger partial charge < -0.3 is 35.0 Å². The molecule has 34 heavy (non-hydrogen) atoms. The molecule has 0 saturated heterocycles. The molecule has 0 heterocycles. The SMILES string of the molecule is CC(=O)[O-].CC(=O)[O-].CC(=O)[O-].CCCCCCCCCCNCCCCCCCCCC.[Ru+3]. The molecule has 0 aromatic rings. The first-order valence-corrected chi connectivity index (χ1v) is 12.8. The van der Waals surface area contributed by atoms with Crippen LogP contribution in [0.5, 0.6) is 0 Å². The molecular formula is C26H52NO6Ru. The fourth-order valence-corrected chi connectivity index (χ4v) is 2.89. The number of rotatable bonds is 18. The van der Waals surface area contributed by atoms with Crippen molar-refractivity contribution in [3.8, 4) is 0 Å². The van der Waals surface area contributed by atoms with Crippen LogP contribution in [0.3, 0.4) is 0 Å². The number of hydrogen-bond acceptors (Lipinski definition) is 7. The topological polar surface area (TPSA) is 132 Å². The van der Waals surface area contributed by atoms with Crippen LogP contribution >= 0.6 is 0 Å². The molecule has 8 heteroatoms. The van der Waals surface area contributed by atoms with Crippen LogP contribution in [0.1, 0.15) is 137 Å². The Bertz CT molecular complexity index is 350. The Morgan fingerprint density at radius 1 is 0.471 bits per heavy atom. The largest absolute Gasteiger partial charge is 3.00 e. The predicted octanol–water partition coefficient (Wildman–Crippen LogP) is 3.12. The van der Waals surface area contributed by atoms with Gasteiger partial charge in [-0.3, -0.25) is 0 Å². The first-order valence-electron chi connectivity index (χ1n) is 12.8. The monoisotopic (exact) mass is 576 g/mol. The maximum absolute atomic E-state index is 8.89. The summed E-state index contributed by atoms with van der Waals surface area (Å²) < 4.78 is 0. The van der Waals surface area contributed by atoms with Crippen molar-refractivity contribution in [3.63, 3.8) is 0 Å². The molecule has 0 fully saturated rings. The molecule has 0 rings (SSSR count). The number of carboxylic acids is 3. The quantitative estimate of drug-likeness (QED) is 0.196. The standard InChI is InChI=1S/C20H43N.3C2H4O2.Ru/c1-3-5-7-9-11-13-15-17-19-21-20-18-16-14-12-10-8-6-4-2;3*1-2(3)4;/h21H,3-20H2,1-2H3;3*1H3,(H,3,4);/q;;;;+3/p-3. The van der Waals surface area contributed by atoms with Gasteiger partial charge in [0.25, 0.3) is 0 Å². The van der Waals surface area contributed by atoms with Gasteiger partial charge in [0.2, 0.25) is 0 Å². The number of carbonyl (C=O) groups excluding carboxylic acids is 3. The first-order chi connectivity index (χ1) is 15.6. The van der Waals surface area contributed by atoms with Crippen LogP contribution in [0.15, 0.2) is 0 Å². The maximum Gasteiger partial charge on any atom is 3.00 e. The van der Waals surface area contributed by atoms with E-state index in [0.29, 0.717) is 0 Å². The first kappa shape index (κ1) is 43.1. The summed E-state index contributed by atoms with van der Waals surface area (Å²) >= 11 is 0. The third kappa shape index (κ3) is 96.6. The molecule has 1 N–H and O–H groups in total. The molecule has 205 valence electrons. The second-order valence-electron chi connectivity index (χ2n) is 8.17. The molecule has 0 aliphatic rings. The van der Waals surface area contributed by atoms with E-state index in [-0.39, 0.29) is 19.5 Å². The molecule has 0 aliphatic heterocycles. The zero-order valence-electron chi connectivity index (χ0n) is 22.5. The maximum atomic E-state index is 8.89. The number of carbonyl (C=O) groups is 3. The molecule has 0 amide bonds. The minimum absolute atomic E-state index is 0. The van der Waals surface area contributed by atoms with Gasteiger partial charge in [-0.25, -0.2) is 0 Å². The summed E-state index contributed by atoms with van der Waals surface area (Å²) in [6.07, 6.45) is 22.8. The van der Waals surface area contributed by atoms with Gasteiger partial charge in [-0.1, -0.05) is 104 Å². The molecule has 0 aliphatic carbocycles. The molecule has 0 bridgehead atoms. The second kappa shape index (κ2) is 42.2. The van der Waals surface area contributed by atoms with Gasteiger partial charge in [0.05, 0.1) is 0 Å². The summed E-state index contributed by atoms with van der Waals surface area (Å²) in [4.78, 5) is 26.7. The van der Waals surface area contributed by atoms with Gasteiger partial charge in [0.15, 0.2) is 0 Å². The summed E-state index contributed by atoms with van der Waals surface area (Å²) in [6.45, 7) is 9.98. The Morgan fingerprint density at radius 3 is 0.853 bits per heavy atom. The van der Waals surface area contributed by atoms with E-state index in [4.69, 9.17) is 29.7 Å². The zero-order chi connectivity index (χ0) is 26.2. The predicted molar refractivity (Wildman–Crippen MR) is 130 cm³/mol. The Hall–Kier alpha value is -1.01. The van der Waals surface area contributed by atoms with Crippen LogP contribution in [0.2, 0.25) is 0 Å². The number of hydrogen-bond donors (Lipinski definition) is 1. The van der Waals surface area contributed by atoms with Crippen molar-refractivity contribution in [2.45, 2.75) is 137 Å². The number of carboxylic acid groups (broad SMARTS) is 3. The Morgan fingerprint density at radius 2 is 0.647 bits per heavy atom. The molecule has 0 aromatic heterocycles. The van der Waals surface area contributed by atoms with E-state index in [0.717, 1.165) is 20.8 Å². The van der Waals surface area contributed by atoms with Crippen LogP contribution < -0.4 is 20.6 Å². The molecule has 0 aromatic carbocycles. The summed E-state index contributed by atoms with van der Waals surface area (Å²) in [7, 11) is 0. The van der Waals surface area contributed by atoms with Crippen molar-refractivity contribution in [1.29, 1.82) is 0 Å². The van der Waals surface area contributed by atoms with Gasteiger partial charge in [-0.2, -0.15) is 0 Å². The minimum Gasteiger partial charge on any atom is -0.550 e. The van der Waals surface area contributed by atoms with Crippen molar-refractivity contribution >= 4 is 17.9 Å². The van der Waals surface area contributed by atoms with E-state index in [1.54, 1.807) is 0 Å². The van der Waals surface area contributed by atoms with E-state index in [9.17, 15) is 0 Å². The van der Waals surface area contributed by atoms with Crippen molar-refractivity contribution in [2.24, 2.45) is 0 Å². The van der Waals surface area contributed by atoms with Crippen molar-refractivity contribution < 1.29 is 49.2 Å². The van der Waals surface area contributed by atoms with E-state index in [1.807, 2.05) is 0 Å². The fraction of sp³-hybridized carbons (Fsp3) is 0.885. The Balaban J connectivity index is -0.000000178. The van der Waals surface area contributed by atoms with Gasteiger partial charge in [0, 0.05) is 17.9 Å². The van der Waals surface area contributed by atoms with Crippen LogP contribution in [0, 0.1) is 0 Å². The smallest absolute Gasteiger partial charge is 0.550 e. The van der Waals surface area contributed by atoms with Gasteiger partial charge >= 0.3 is 19.5 Å². The van der Waals surface area contributed by atoms with Crippen LogP contribution in [-0.4, -0.2) is 31.0 Å². The van der Waals surface area contributed by atoms with Gasteiger partial charge in [-0.05, 0) is 46.7 Å². The molecule has 0 spiro atoms. The van der Waals surface area contributed by atoms with Crippen LogP contribution in [0.25, 0.3) is 0 Å². The summed E-state index contributed by atoms with van der Waals surface area (Å²) in [5.74, 6) is -3.25. The van der Waals surface area contributed by atoms with E-state index in [1.165, 1.54) is 116 Å². The molecular weight excluding hydrogens is 523 g/mol. The average molecular weight is 576 g/mol. The summed E-state index contributed by atoms with van der Waals surface area (Å²) in [6, 6.07) is 0. The van der Waals surface area contributed by atoms with Gasteiger partial charge in [-0.15, -0.1) is 0 Å². The van der Waals surface area contributed by atoms with E-state index < -0.39 is 17.9 Å². The van der Waals surface area contributed by atoms with Crippen molar-refractivity contribution in [3.05, 3.63) is 0 Å². The number of nitrogens with one attached hydrogen (secondary N) is 1. The van der Waals surface area contributed by atoms with Crippen molar-refractivity contribution in [1.82, 2.24) is 5.32 Å². The zero-order valence-corrected chi connectivity index (χ0v) is 24.3. The normalized spacial score (nSPS) is 9.09. The van der Waals surface area contributed by atoms with Gasteiger partial charge in [0.1, 0.15) is 0 Å². The minimum atomic E-state index is -1.08. The number of unbranched alkanes of at least 4 members (excludes halogenated alkanes) is 14. The second-order valence-corrected chi connectivity index (χ2v) is 8.17. The molecule has 1 radical (unpaired) electrons. The van der Waals surface area contributed by atoms with E-state index in [2.05, 4.69) is 19.2 Å². The molecule has 7 nitrogen and oxygen atoms in total. The van der Waals surface area contributed by atoms with Crippen LogP contribution in [0.4, 0.5) is 0 Å². The molecule has 0 unspecified atom stereocenters. The average Bonchev–Trinajstić information content (AvgIpc) is 2.69. The molecule has 0 saturated carbocycles. The summed E-state index contributed by atoms with van der Waals surface area (Å²) in [5.41, 5.74) is 0. The Labute approximate surface area is 222 Å². The third-order valence-electron chi connectivity index (χ3n) is 4.41. The Kier molecular flexibility index (Phi) is 53.5. The number of aliphatic carboxylic acids is 3.